The molecule has 90 valence electrons. The first-order valence-electron chi connectivity index (χ1n) is 4.85. The van der Waals surface area contributed by atoms with Crippen molar-refractivity contribution in [2.24, 2.45) is 0 Å². The van der Waals surface area contributed by atoms with Crippen LogP contribution in [-0.4, -0.2) is 47.8 Å². The summed E-state index contributed by atoms with van der Waals surface area (Å²) < 4.78 is 4.88. The maximum absolute atomic E-state index is 10.7. The average Bonchev–Trinajstić information content (AvgIpc) is 2.34. The van der Waals surface area contributed by atoms with Crippen LogP contribution in [0.15, 0.2) is 12.4 Å². The Morgan fingerprint density at radius 3 is 2.88 bits per heavy atom. The van der Waals surface area contributed by atoms with E-state index < -0.39 is 5.97 Å². The van der Waals surface area contributed by atoms with E-state index in [1.54, 1.807) is 0 Å². The van der Waals surface area contributed by atoms with Crippen molar-refractivity contribution in [1.29, 1.82) is 5.26 Å². The number of anilines is 1. The fourth-order valence-electron chi connectivity index (χ4n) is 1.27. The highest BCUT2D eigenvalue weighted by molar-refractivity contribution is 5.73. The van der Waals surface area contributed by atoms with Gasteiger partial charge < -0.3 is 14.7 Å². The number of nitriles is 1. The summed E-state index contributed by atoms with van der Waals surface area (Å²) in [5.74, 6) is -0.745. The average molecular weight is 236 g/mol. The van der Waals surface area contributed by atoms with Gasteiger partial charge >= 0.3 is 5.97 Å². The Bertz CT molecular complexity index is 430. The molecule has 0 atom stereocenters. The molecule has 0 aromatic carbocycles. The van der Waals surface area contributed by atoms with Gasteiger partial charge in [0.25, 0.3) is 0 Å². The normalized spacial score (nSPS) is 9.65. The molecule has 1 rings (SSSR count). The summed E-state index contributed by atoms with van der Waals surface area (Å²) in [7, 11) is 1.51. The lowest BCUT2D eigenvalue weighted by Crippen LogP contribution is -2.34. The Morgan fingerprint density at radius 2 is 2.29 bits per heavy atom. The standard InChI is InChI=1S/C10H12N4O3/c1-17-5-4-14(7-9(15)16)10-8(6-11)12-2-3-13-10/h2-3H,4-5,7H2,1H3,(H,15,16). The summed E-state index contributed by atoms with van der Waals surface area (Å²) in [4.78, 5) is 20.0. The van der Waals surface area contributed by atoms with E-state index in [1.165, 1.54) is 24.4 Å². The van der Waals surface area contributed by atoms with Gasteiger partial charge in [0.2, 0.25) is 0 Å². The number of rotatable bonds is 6. The Kier molecular flexibility index (Phi) is 4.84. The maximum Gasteiger partial charge on any atom is 0.323 e. The van der Waals surface area contributed by atoms with Crippen molar-refractivity contribution >= 4 is 11.8 Å². The van der Waals surface area contributed by atoms with Crippen LogP contribution in [-0.2, 0) is 9.53 Å². The van der Waals surface area contributed by atoms with Crippen LogP contribution in [0.1, 0.15) is 5.69 Å². The SMILES string of the molecule is COCCN(CC(=O)O)c1nccnc1C#N. The molecule has 1 heterocycles. The molecule has 1 aromatic rings. The van der Waals surface area contributed by atoms with Crippen molar-refractivity contribution in [3.8, 4) is 6.07 Å². The van der Waals surface area contributed by atoms with Crippen molar-refractivity contribution in [3.63, 3.8) is 0 Å². The Morgan fingerprint density at radius 1 is 1.59 bits per heavy atom. The molecule has 0 fully saturated rings. The number of aliphatic carboxylic acids is 1. The third-order valence-electron chi connectivity index (χ3n) is 1.98. The summed E-state index contributed by atoms with van der Waals surface area (Å²) in [6, 6.07) is 1.88. The molecule has 1 N–H and O–H groups in total. The molecule has 0 amide bonds. The van der Waals surface area contributed by atoms with Crippen molar-refractivity contribution in [1.82, 2.24) is 9.97 Å². The number of hydrogen-bond donors (Lipinski definition) is 1. The number of hydrogen-bond acceptors (Lipinski definition) is 6. The molecule has 0 aliphatic carbocycles. The van der Waals surface area contributed by atoms with E-state index >= 15 is 0 Å². The smallest absolute Gasteiger partial charge is 0.323 e. The molecule has 7 heteroatoms. The van der Waals surface area contributed by atoms with Gasteiger partial charge in [0.1, 0.15) is 12.6 Å². The number of nitrogens with zero attached hydrogens (tertiary/aromatic N) is 4. The van der Waals surface area contributed by atoms with Crippen LogP contribution >= 0.6 is 0 Å². The molecule has 7 nitrogen and oxygen atoms in total. The lowest BCUT2D eigenvalue weighted by molar-refractivity contribution is -0.135. The monoisotopic (exact) mass is 236 g/mol. The summed E-state index contributed by atoms with van der Waals surface area (Å²) in [6.07, 6.45) is 2.80. The third-order valence-corrected chi connectivity index (χ3v) is 1.98. The second-order valence-electron chi connectivity index (χ2n) is 3.15. The molecule has 0 aliphatic heterocycles. The number of ether oxygens (including phenoxy) is 1. The second-order valence-corrected chi connectivity index (χ2v) is 3.15. The Balaban J connectivity index is 2.95. The molecule has 0 unspecified atom stereocenters. The quantitative estimate of drug-likeness (QED) is 0.735. The van der Waals surface area contributed by atoms with Crippen LogP contribution in [0.3, 0.4) is 0 Å². The van der Waals surface area contributed by atoms with Gasteiger partial charge in [-0.25, -0.2) is 9.97 Å². The lowest BCUT2D eigenvalue weighted by Gasteiger charge is -2.21. The Labute approximate surface area is 98.3 Å². The predicted molar refractivity (Wildman–Crippen MR) is 58.5 cm³/mol. The van der Waals surface area contributed by atoms with Gasteiger partial charge in [-0.1, -0.05) is 0 Å². The van der Waals surface area contributed by atoms with E-state index in [2.05, 4.69) is 9.97 Å². The molecule has 1 aromatic heterocycles. The molecule has 0 aliphatic rings. The molecular weight excluding hydrogens is 224 g/mol. The van der Waals surface area contributed by atoms with E-state index in [9.17, 15) is 4.79 Å². The molecule has 0 spiro atoms. The van der Waals surface area contributed by atoms with Gasteiger partial charge in [0, 0.05) is 26.0 Å². The van der Waals surface area contributed by atoms with Crippen LogP contribution in [0.25, 0.3) is 0 Å². The lowest BCUT2D eigenvalue weighted by atomic mass is 10.3. The number of methoxy groups -OCH3 is 1. The van der Waals surface area contributed by atoms with Crippen LogP contribution in [0.5, 0.6) is 0 Å². The van der Waals surface area contributed by atoms with Crippen LogP contribution < -0.4 is 4.90 Å². The largest absolute Gasteiger partial charge is 0.480 e. The summed E-state index contributed by atoms with van der Waals surface area (Å²) >= 11 is 0. The number of aromatic nitrogens is 2. The minimum absolute atomic E-state index is 0.102. The molecule has 0 bridgehead atoms. The van der Waals surface area contributed by atoms with Crippen LogP contribution in [0.2, 0.25) is 0 Å². The van der Waals surface area contributed by atoms with Crippen LogP contribution in [0.4, 0.5) is 5.82 Å². The molecular formula is C10H12N4O3. The van der Waals surface area contributed by atoms with Gasteiger partial charge in [-0.05, 0) is 0 Å². The second kappa shape index (κ2) is 6.40. The first-order valence-corrected chi connectivity index (χ1v) is 4.85. The van der Waals surface area contributed by atoms with Gasteiger partial charge in [-0.3, -0.25) is 4.79 Å². The highest BCUT2D eigenvalue weighted by Crippen LogP contribution is 2.13. The van der Waals surface area contributed by atoms with Gasteiger partial charge in [-0.15, -0.1) is 0 Å². The van der Waals surface area contributed by atoms with Crippen molar-refractivity contribution in [2.75, 3.05) is 31.7 Å². The van der Waals surface area contributed by atoms with Crippen molar-refractivity contribution in [3.05, 3.63) is 18.1 Å². The number of carboxylic acid groups (broad SMARTS) is 1. The topological polar surface area (TPSA) is 99.3 Å². The van der Waals surface area contributed by atoms with E-state index in [0.717, 1.165) is 0 Å². The fraction of sp³-hybridized carbons (Fsp3) is 0.400. The minimum Gasteiger partial charge on any atom is -0.480 e. The predicted octanol–water partition coefficient (Wildman–Crippen LogP) is -0.114. The van der Waals surface area contributed by atoms with Crippen molar-refractivity contribution in [2.45, 2.75) is 0 Å². The first kappa shape index (κ1) is 12.9. The maximum atomic E-state index is 10.7. The summed E-state index contributed by atoms with van der Waals surface area (Å²) in [5.41, 5.74) is 0.102. The summed E-state index contributed by atoms with van der Waals surface area (Å²) in [6.45, 7) is 0.418. The third kappa shape index (κ3) is 3.70. The van der Waals surface area contributed by atoms with E-state index in [4.69, 9.17) is 15.1 Å². The first-order chi connectivity index (χ1) is 8.19. The zero-order valence-corrected chi connectivity index (χ0v) is 9.33. The van der Waals surface area contributed by atoms with Gasteiger partial charge in [0.05, 0.1) is 6.61 Å². The van der Waals surface area contributed by atoms with E-state index in [0.29, 0.717) is 13.2 Å². The molecule has 0 saturated carbocycles. The van der Waals surface area contributed by atoms with Crippen LogP contribution in [0, 0.1) is 11.3 Å². The molecule has 17 heavy (non-hydrogen) atoms. The van der Waals surface area contributed by atoms with Gasteiger partial charge in [-0.2, -0.15) is 5.26 Å². The fourth-order valence-corrected chi connectivity index (χ4v) is 1.27. The van der Waals surface area contributed by atoms with Gasteiger partial charge in [0.15, 0.2) is 11.5 Å². The zero-order valence-electron chi connectivity index (χ0n) is 9.33. The Hall–Kier alpha value is -2.20. The van der Waals surface area contributed by atoms with Crippen molar-refractivity contribution < 1.29 is 14.6 Å². The van der Waals surface area contributed by atoms with E-state index in [1.807, 2.05) is 6.07 Å². The zero-order chi connectivity index (χ0) is 12.7. The highest BCUT2D eigenvalue weighted by Gasteiger charge is 2.16. The summed E-state index contributed by atoms with van der Waals surface area (Å²) in [5, 5.41) is 17.7. The highest BCUT2D eigenvalue weighted by atomic mass is 16.5. The number of carbonyl (C=O) groups is 1. The molecule has 0 radical (unpaired) electrons. The van der Waals surface area contributed by atoms with E-state index in [-0.39, 0.29) is 18.1 Å². The molecule has 0 saturated heterocycles. The minimum atomic E-state index is -1.00. The number of carboxylic acids is 1.